The summed E-state index contributed by atoms with van der Waals surface area (Å²) in [5, 5.41) is 45.3. The Morgan fingerprint density at radius 2 is 1.84 bits per heavy atom. The zero-order valence-electron chi connectivity index (χ0n) is 21.3. The number of phenols is 1. The lowest BCUT2D eigenvalue weighted by atomic mass is 9.58. The number of carbonyl (C=O) groups is 3. The summed E-state index contributed by atoms with van der Waals surface area (Å²) in [6.07, 6.45) is 3.10. The average molecular weight is 524 g/mol. The Morgan fingerprint density at radius 1 is 1.16 bits per heavy atom. The number of furan rings is 1. The number of anilines is 1. The molecule has 3 aliphatic rings. The monoisotopic (exact) mass is 523 g/mol. The lowest BCUT2D eigenvalue weighted by Crippen LogP contribution is -2.63. The van der Waals surface area contributed by atoms with Crippen LogP contribution in [0.1, 0.15) is 22.3 Å². The molecule has 0 radical (unpaired) electrons. The van der Waals surface area contributed by atoms with E-state index in [1.807, 2.05) is 4.90 Å². The molecular formula is C27H29N3O8. The fraction of sp³-hybridized carbons (Fsp3) is 0.370. The van der Waals surface area contributed by atoms with Crippen LogP contribution in [0.15, 0.2) is 51.7 Å². The Kier molecular flexibility index (Phi) is 5.69. The molecular weight excluding hydrogens is 494 g/mol. The number of aliphatic hydroxyl groups is 3. The van der Waals surface area contributed by atoms with Gasteiger partial charge in [-0.15, -0.1) is 0 Å². The first-order valence-electron chi connectivity index (χ1n) is 12.1. The fourth-order valence-corrected chi connectivity index (χ4v) is 6.34. The normalized spacial score (nSPS) is 26.8. The smallest absolute Gasteiger partial charge is 0.255 e. The zero-order valence-corrected chi connectivity index (χ0v) is 21.3. The number of Topliss-reactive ketones (excluding diaryl/α,β-unsaturated/α-hetero) is 2. The van der Waals surface area contributed by atoms with Gasteiger partial charge >= 0.3 is 0 Å². The summed E-state index contributed by atoms with van der Waals surface area (Å²) in [6, 6.07) is 2.35. The number of fused-ring (bicyclic) bond motifs is 3. The summed E-state index contributed by atoms with van der Waals surface area (Å²) in [7, 11) is 6.78. The third-order valence-corrected chi connectivity index (χ3v) is 8.01. The lowest BCUT2D eigenvalue weighted by molar-refractivity contribution is -0.148. The van der Waals surface area contributed by atoms with Gasteiger partial charge in [-0.1, -0.05) is 0 Å². The molecule has 6 N–H and O–H groups in total. The molecule has 0 fully saturated rings. The van der Waals surface area contributed by atoms with Crippen LogP contribution in [0, 0.1) is 11.8 Å². The van der Waals surface area contributed by atoms with E-state index in [0.29, 0.717) is 22.4 Å². The van der Waals surface area contributed by atoms with Crippen molar-refractivity contribution in [1.82, 2.24) is 4.90 Å². The minimum atomic E-state index is -2.67. The van der Waals surface area contributed by atoms with Crippen LogP contribution in [0.4, 0.5) is 5.69 Å². The molecule has 11 nitrogen and oxygen atoms in total. The third-order valence-electron chi connectivity index (χ3n) is 8.01. The van der Waals surface area contributed by atoms with Crippen LogP contribution in [0.5, 0.6) is 5.75 Å². The van der Waals surface area contributed by atoms with Gasteiger partial charge in [0, 0.05) is 42.4 Å². The standard InChI is InChI=1S/C27H29N3O8/c1-29(2)16-9-13(11-5-6-38-10-11)21(31)18-14(16)7-12-8-15-20(30(3)4)23(33)19(26(28)36)25(35)27(15,37)24(34)17(12)22(18)32/h5-6,9-10,12,15,20,31,33-34,37H,7-8H2,1-4H3,(H2,28,36)/t12-,15-,20-,27+/m1/s1. The van der Waals surface area contributed by atoms with E-state index >= 15 is 0 Å². The lowest BCUT2D eigenvalue weighted by Gasteiger charge is -2.50. The van der Waals surface area contributed by atoms with E-state index in [4.69, 9.17) is 10.2 Å². The largest absolute Gasteiger partial charge is 0.510 e. The highest BCUT2D eigenvalue weighted by Crippen LogP contribution is 2.54. The number of hydrogen-bond donors (Lipinski definition) is 5. The third kappa shape index (κ3) is 3.25. The number of allylic oxidation sites excluding steroid dienone is 1. The van der Waals surface area contributed by atoms with Crippen molar-refractivity contribution in [3.63, 3.8) is 0 Å². The summed E-state index contributed by atoms with van der Waals surface area (Å²) in [5.41, 5.74) is 3.71. The van der Waals surface area contributed by atoms with Crippen molar-refractivity contribution in [1.29, 1.82) is 0 Å². The van der Waals surface area contributed by atoms with Crippen LogP contribution in [-0.2, 0) is 16.0 Å². The van der Waals surface area contributed by atoms with E-state index in [2.05, 4.69) is 0 Å². The van der Waals surface area contributed by atoms with E-state index in [9.17, 15) is 34.8 Å². The highest BCUT2D eigenvalue weighted by atomic mass is 16.3. The van der Waals surface area contributed by atoms with Crippen LogP contribution < -0.4 is 10.6 Å². The second-order valence-electron chi connectivity index (χ2n) is 10.5. The summed E-state index contributed by atoms with van der Waals surface area (Å²) in [6.45, 7) is 0. The summed E-state index contributed by atoms with van der Waals surface area (Å²) in [5.74, 6) is -6.78. The molecule has 3 aliphatic carbocycles. The summed E-state index contributed by atoms with van der Waals surface area (Å²) < 4.78 is 5.15. The van der Waals surface area contributed by atoms with Crippen LogP contribution in [0.2, 0.25) is 0 Å². The number of hydrogen-bond acceptors (Lipinski definition) is 10. The number of carbonyl (C=O) groups excluding carboxylic acids is 3. The Morgan fingerprint density at radius 3 is 2.39 bits per heavy atom. The molecule has 200 valence electrons. The number of primary amides is 1. The molecule has 0 aliphatic heterocycles. The molecule has 0 spiro atoms. The van der Waals surface area contributed by atoms with Crippen molar-refractivity contribution in [2.75, 3.05) is 33.1 Å². The number of benzene rings is 1. The van der Waals surface area contributed by atoms with Crippen molar-refractivity contribution in [2.45, 2.75) is 24.5 Å². The summed E-state index contributed by atoms with van der Waals surface area (Å²) in [4.78, 5) is 42.8. The Bertz CT molecular complexity index is 1450. The Hall–Kier alpha value is -4.09. The SMILES string of the molecule is CN(C)c1cc(-c2ccoc2)c(O)c2c1C[C@@H]1C[C@@H]3[C@@H](N(C)C)C(O)=C(C(N)=O)C(=O)[C@@]3(O)C(O)=C1C2=O. The highest BCUT2D eigenvalue weighted by Gasteiger charge is 2.63. The maximum atomic E-state index is 14.0. The molecule has 1 aromatic carbocycles. The molecule has 11 heteroatoms. The van der Waals surface area contributed by atoms with E-state index in [1.54, 1.807) is 40.3 Å². The zero-order chi connectivity index (χ0) is 27.8. The van der Waals surface area contributed by atoms with Gasteiger partial charge in [-0.3, -0.25) is 19.3 Å². The van der Waals surface area contributed by atoms with Crippen molar-refractivity contribution >= 4 is 23.2 Å². The van der Waals surface area contributed by atoms with Crippen molar-refractivity contribution < 1.29 is 39.2 Å². The van der Waals surface area contributed by atoms with Gasteiger partial charge in [-0.05, 0) is 50.6 Å². The minimum absolute atomic E-state index is 0.0306. The highest BCUT2D eigenvalue weighted by molar-refractivity contribution is 6.25. The molecule has 1 heterocycles. The predicted octanol–water partition coefficient (Wildman–Crippen LogP) is 1.45. The predicted molar refractivity (Wildman–Crippen MR) is 136 cm³/mol. The first kappa shape index (κ1) is 25.6. The van der Waals surface area contributed by atoms with E-state index in [-0.39, 0.29) is 29.7 Å². The summed E-state index contributed by atoms with van der Waals surface area (Å²) >= 11 is 0. The number of nitrogens with two attached hydrogens (primary N) is 1. The molecule has 1 amide bonds. The Labute approximate surface area is 218 Å². The number of nitrogens with zero attached hydrogens (tertiary/aromatic N) is 2. The second-order valence-corrected chi connectivity index (χ2v) is 10.5. The van der Waals surface area contributed by atoms with Crippen LogP contribution in [-0.4, -0.2) is 82.6 Å². The maximum Gasteiger partial charge on any atom is 0.255 e. The number of aromatic hydroxyl groups is 1. The van der Waals surface area contributed by atoms with Gasteiger partial charge in [0.2, 0.25) is 5.78 Å². The van der Waals surface area contributed by atoms with Crippen LogP contribution >= 0.6 is 0 Å². The number of aliphatic hydroxyl groups excluding tert-OH is 2. The van der Waals surface area contributed by atoms with Crippen molar-refractivity contribution in [3.8, 4) is 16.9 Å². The minimum Gasteiger partial charge on any atom is -0.510 e. The van der Waals surface area contributed by atoms with Crippen LogP contribution in [0.3, 0.4) is 0 Å². The number of likely N-dealkylation sites (N-methyl/N-ethyl adjacent to an activating group) is 1. The molecule has 1 aromatic heterocycles. The van der Waals surface area contributed by atoms with Crippen molar-refractivity contribution in [2.24, 2.45) is 17.6 Å². The van der Waals surface area contributed by atoms with Gasteiger partial charge in [0.25, 0.3) is 5.91 Å². The van der Waals surface area contributed by atoms with Gasteiger partial charge in [0.15, 0.2) is 11.4 Å². The Balaban J connectivity index is 1.76. The van der Waals surface area contributed by atoms with Crippen LogP contribution in [0.25, 0.3) is 11.1 Å². The molecule has 0 saturated carbocycles. The van der Waals surface area contributed by atoms with Gasteiger partial charge in [0.1, 0.15) is 22.8 Å². The molecule has 0 bridgehead atoms. The average Bonchev–Trinajstić information content (AvgIpc) is 3.35. The first-order valence-corrected chi connectivity index (χ1v) is 12.1. The first-order chi connectivity index (χ1) is 17.8. The van der Waals surface area contributed by atoms with Gasteiger partial charge < -0.3 is 35.5 Å². The number of amides is 1. The van der Waals surface area contributed by atoms with Gasteiger partial charge in [-0.2, -0.15) is 0 Å². The fourth-order valence-electron chi connectivity index (χ4n) is 6.34. The second kappa shape index (κ2) is 8.47. The van der Waals surface area contributed by atoms with E-state index in [0.717, 1.165) is 0 Å². The molecule has 4 atom stereocenters. The van der Waals surface area contributed by atoms with Gasteiger partial charge in [0.05, 0.1) is 24.1 Å². The quantitative estimate of drug-likeness (QED) is 0.368. The molecule has 0 saturated heterocycles. The van der Waals surface area contributed by atoms with E-state index < -0.39 is 58.0 Å². The molecule has 0 unspecified atom stereocenters. The van der Waals surface area contributed by atoms with Crippen molar-refractivity contribution in [3.05, 3.63) is 58.5 Å². The number of phenolic OH excluding ortho intramolecular Hbond substituents is 1. The van der Waals surface area contributed by atoms with E-state index in [1.165, 1.54) is 17.4 Å². The molecule has 5 rings (SSSR count). The molecule has 38 heavy (non-hydrogen) atoms. The number of rotatable bonds is 4. The topological polar surface area (TPSA) is 178 Å². The molecule has 2 aromatic rings. The van der Waals surface area contributed by atoms with Gasteiger partial charge in [-0.25, -0.2) is 0 Å². The number of ketones is 2. The maximum absolute atomic E-state index is 14.0.